The van der Waals surface area contributed by atoms with E-state index in [-0.39, 0.29) is 6.61 Å². The lowest BCUT2D eigenvalue weighted by molar-refractivity contribution is -0.140. The lowest BCUT2D eigenvalue weighted by Gasteiger charge is -2.35. The fraction of sp³-hybridized carbons (Fsp3) is 0.292. The molecule has 1 heterocycles. The molecule has 0 saturated carbocycles. The van der Waals surface area contributed by atoms with Gasteiger partial charge in [0.2, 0.25) is 0 Å². The van der Waals surface area contributed by atoms with Gasteiger partial charge in [0.1, 0.15) is 12.4 Å². The first kappa shape index (κ1) is 25.0. The predicted molar refractivity (Wildman–Crippen MR) is 134 cm³/mol. The van der Waals surface area contributed by atoms with Gasteiger partial charge in [-0.25, -0.2) is 9.59 Å². The number of hydrogen-bond donors (Lipinski definition) is 3. The zero-order valence-electron chi connectivity index (χ0n) is 19.5. The molecule has 1 aliphatic rings. The summed E-state index contributed by atoms with van der Waals surface area (Å²) >= 11 is 5.44. The largest absolute Gasteiger partial charge is 0.495 e. The van der Waals surface area contributed by atoms with E-state index in [2.05, 4.69) is 16.0 Å². The maximum Gasteiger partial charge on any atom is 0.338 e. The molecule has 1 atom stereocenters. The molecule has 3 rings (SSSR count). The molecule has 34 heavy (non-hydrogen) atoms. The minimum Gasteiger partial charge on any atom is -0.495 e. The topological polar surface area (TPSA) is 101 Å². The number of hydrogen-bond acceptors (Lipinski definition) is 6. The molecule has 9 nitrogen and oxygen atoms in total. The molecular weight excluding hydrogens is 456 g/mol. The van der Waals surface area contributed by atoms with E-state index >= 15 is 0 Å². The number of nitrogens with zero attached hydrogens (tertiary/aromatic N) is 1. The highest BCUT2D eigenvalue weighted by Gasteiger charge is 2.33. The van der Waals surface area contributed by atoms with Crippen LogP contribution in [0.5, 0.6) is 5.75 Å². The van der Waals surface area contributed by atoms with Gasteiger partial charge in [-0.3, -0.25) is 0 Å². The van der Waals surface area contributed by atoms with Gasteiger partial charge in [0.15, 0.2) is 5.11 Å². The standard InChI is InChI=1S/C24H28N4O5S/c1-15-20(22(29)33-13-12-31-3)21(27-24(34)28(15)2)16-8-7-9-17(14-16)25-23(30)26-18-10-5-6-11-19(18)32-4/h5-11,14,21H,12-13H2,1-4H3,(H,27,34)(H2,25,26,30). The Morgan fingerprint density at radius 3 is 2.59 bits per heavy atom. The molecule has 0 aromatic heterocycles. The van der Waals surface area contributed by atoms with Crippen LogP contribution in [0.2, 0.25) is 0 Å². The number of anilines is 2. The van der Waals surface area contributed by atoms with E-state index in [9.17, 15) is 9.59 Å². The van der Waals surface area contributed by atoms with Crippen molar-refractivity contribution in [3.05, 3.63) is 65.4 Å². The van der Waals surface area contributed by atoms with E-state index in [1.165, 1.54) is 14.2 Å². The third-order valence-corrected chi connectivity index (χ3v) is 5.72. The second-order valence-corrected chi connectivity index (χ2v) is 7.86. The number of carbonyl (C=O) groups excluding carboxylic acids is 2. The number of nitrogens with one attached hydrogen (secondary N) is 3. The van der Waals surface area contributed by atoms with Crippen molar-refractivity contribution in [1.29, 1.82) is 0 Å². The Morgan fingerprint density at radius 1 is 1.09 bits per heavy atom. The second-order valence-electron chi connectivity index (χ2n) is 7.47. The van der Waals surface area contributed by atoms with Crippen molar-refractivity contribution in [3.8, 4) is 5.75 Å². The van der Waals surface area contributed by atoms with Crippen molar-refractivity contribution < 1.29 is 23.8 Å². The minimum absolute atomic E-state index is 0.137. The Balaban J connectivity index is 1.82. The number of thiocarbonyl (C=S) groups is 1. The van der Waals surface area contributed by atoms with Crippen molar-refractivity contribution in [3.63, 3.8) is 0 Å². The van der Waals surface area contributed by atoms with Gasteiger partial charge in [-0.05, 0) is 49.0 Å². The van der Waals surface area contributed by atoms with Crippen LogP contribution in [-0.4, -0.2) is 56.5 Å². The monoisotopic (exact) mass is 484 g/mol. The van der Waals surface area contributed by atoms with Crippen LogP contribution in [0.3, 0.4) is 0 Å². The van der Waals surface area contributed by atoms with Gasteiger partial charge < -0.3 is 35.1 Å². The Morgan fingerprint density at radius 2 is 1.85 bits per heavy atom. The number of para-hydroxylation sites is 2. The summed E-state index contributed by atoms with van der Waals surface area (Å²) in [5.41, 5.74) is 2.94. The molecule has 180 valence electrons. The number of amides is 2. The summed E-state index contributed by atoms with van der Waals surface area (Å²) in [4.78, 5) is 27.2. The van der Waals surface area contributed by atoms with E-state index in [1.807, 2.05) is 19.1 Å². The first-order valence-electron chi connectivity index (χ1n) is 10.6. The van der Waals surface area contributed by atoms with Crippen LogP contribution in [0.4, 0.5) is 16.2 Å². The first-order valence-corrected chi connectivity index (χ1v) is 11.0. The first-order chi connectivity index (χ1) is 16.3. The quantitative estimate of drug-likeness (QED) is 0.297. The molecule has 2 aromatic carbocycles. The average molecular weight is 485 g/mol. The van der Waals surface area contributed by atoms with Crippen LogP contribution in [0.15, 0.2) is 59.8 Å². The third-order valence-electron chi connectivity index (χ3n) is 5.33. The molecule has 1 unspecified atom stereocenters. The molecule has 0 radical (unpaired) electrons. The number of urea groups is 1. The number of ether oxygens (including phenoxy) is 3. The van der Waals surface area contributed by atoms with Crippen LogP contribution in [0.25, 0.3) is 0 Å². The van der Waals surface area contributed by atoms with Crippen molar-refractivity contribution >= 4 is 40.7 Å². The summed E-state index contributed by atoms with van der Waals surface area (Å²) in [5.74, 6) is 0.0846. The number of esters is 1. The summed E-state index contributed by atoms with van der Waals surface area (Å²) in [7, 11) is 4.86. The SMILES string of the molecule is COCCOC(=O)C1=C(C)N(C)C(=S)NC1c1cccc(NC(=O)Nc2ccccc2OC)c1. The van der Waals surface area contributed by atoms with E-state index in [0.29, 0.717) is 40.1 Å². The van der Waals surface area contributed by atoms with Crippen molar-refractivity contribution in [2.75, 3.05) is 45.1 Å². The Hall–Kier alpha value is -3.63. The normalized spacial score (nSPS) is 15.5. The van der Waals surface area contributed by atoms with Gasteiger partial charge in [-0.1, -0.05) is 24.3 Å². The number of methoxy groups -OCH3 is 2. The van der Waals surface area contributed by atoms with Crippen LogP contribution >= 0.6 is 12.2 Å². The van der Waals surface area contributed by atoms with Crippen LogP contribution < -0.4 is 20.7 Å². The van der Waals surface area contributed by atoms with E-state index in [0.717, 1.165) is 5.56 Å². The highest BCUT2D eigenvalue weighted by molar-refractivity contribution is 7.80. The Kier molecular flexibility index (Phi) is 8.44. The van der Waals surface area contributed by atoms with E-state index in [4.69, 9.17) is 26.4 Å². The summed E-state index contributed by atoms with van der Waals surface area (Å²) in [6.45, 7) is 2.25. The predicted octanol–water partition coefficient (Wildman–Crippen LogP) is 3.66. The molecule has 2 amide bonds. The lowest BCUT2D eigenvalue weighted by atomic mass is 9.95. The van der Waals surface area contributed by atoms with Gasteiger partial charge in [0.05, 0.1) is 31.0 Å². The van der Waals surface area contributed by atoms with Gasteiger partial charge in [0, 0.05) is 25.5 Å². The molecule has 3 N–H and O–H groups in total. The molecule has 0 bridgehead atoms. The third kappa shape index (κ3) is 5.83. The lowest BCUT2D eigenvalue weighted by Crippen LogP contribution is -2.46. The average Bonchev–Trinajstić information content (AvgIpc) is 2.82. The molecule has 0 aliphatic carbocycles. The number of benzene rings is 2. The van der Waals surface area contributed by atoms with Crippen molar-refractivity contribution in [2.45, 2.75) is 13.0 Å². The molecule has 0 fully saturated rings. The molecule has 10 heteroatoms. The van der Waals surface area contributed by atoms with Gasteiger partial charge in [0.25, 0.3) is 0 Å². The van der Waals surface area contributed by atoms with Crippen molar-refractivity contribution in [1.82, 2.24) is 10.2 Å². The number of rotatable bonds is 8. The van der Waals surface area contributed by atoms with Crippen molar-refractivity contribution in [2.24, 2.45) is 0 Å². The zero-order chi connectivity index (χ0) is 24.7. The zero-order valence-corrected chi connectivity index (χ0v) is 20.3. The minimum atomic E-state index is -0.544. The number of carbonyl (C=O) groups is 2. The molecule has 0 spiro atoms. The Bertz CT molecular complexity index is 1100. The highest BCUT2D eigenvalue weighted by atomic mass is 32.1. The maximum absolute atomic E-state index is 12.9. The fourth-order valence-corrected chi connectivity index (χ4v) is 3.73. The van der Waals surface area contributed by atoms with Crippen LogP contribution in [-0.2, 0) is 14.3 Å². The maximum atomic E-state index is 12.9. The second kappa shape index (κ2) is 11.5. The molecule has 2 aromatic rings. The summed E-state index contributed by atoms with van der Waals surface area (Å²) < 4.78 is 15.6. The van der Waals surface area contributed by atoms with Gasteiger partial charge in [-0.2, -0.15) is 0 Å². The smallest absolute Gasteiger partial charge is 0.338 e. The summed E-state index contributed by atoms with van der Waals surface area (Å²) in [6, 6.07) is 13.3. The molecular formula is C24H28N4O5S. The summed E-state index contributed by atoms with van der Waals surface area (Å²) in [5, 5.41) is 9.25. The molecule has 0 saturated heterocycles. The van der Waals surface area contributed by atoms with Crippen LogP contribution in [0, 0.1) is 0 Å². The van der Waals surface area contributed by atoms with E-state index < -0.39 is 18.0 Å². The fourth-order valence-electron chi connectivity index (χ4n) is 3.47. The molecule has 1 aliphatic heterocycles. The van der Waals surface area contributed by atoms with Gasteiger partial charge in [-0.15, -0.1) is 0 Å². The summed E-state index contributed by atoms with van der Waals surface area (Å²) in [6.07, 6.45) is 0. The van der Waals surface area contributed by atoms with E-state index in [1.54, 1.807) is 48.3 Å². The number of allylic oxidation sites excluding steroid dienone is 1. The highest BCUT2D eigenvalue weighted by Crippen LogP contribution is 2.32. The van der Waals surface area contributed by atoms with Gasteiger partial charge >= 0.3 is 12.0 Å². The van der Waals surface area contributed by atoms with Crippen LogP contribution in [0.1, 0.15) is 18.5 Å². The Labute approximate surface area is 204 Å².